The number of nitrogens with zero attached hydrogens (tertiary/aromatic N) is 7. The van der Waals surface area contributed by atoms with Crippen LogP contribution in [0.2, 0.25) is 10.0 Å². The summed E-state index contributed by atoms with van der Waals surface area (Å²) in [6.45, 7) is 3.57. The van der Waals surface area contributed by atoms with E-state index in [4.69, 9.17) is 27.9 Å². The first-order valence-electron chi connectivity index (χ1n) is 17.9. The number of aromatic nitrogens is 1. The predicted molar refractivity (Wildman–Crippen MR) is 200 cm³/mol. The Morgan fingerprint density at radius 1 is 1.00 bits per heavy atom. The number of likely N-dealkylation sites (tertiary alicyclic amines) is 3. The van der Waals surface area contributed by atoms with Gasteiger partial charge in [-0.2, -0.15) is 5.11 Å². The van der Waals surface area contributed by atoms with Gasteiger partial charge in [-0.25, -0.2) is 9.59 Å². The third-order valence-electron chi connectivity index (χ3n) is 11.4. The normalized spacial score (nSPS) is 23.8. The molecule has 3 atom stereocenters. The fourth-order valence-electron chi connectivity index (χ4n) is 8.27. The van der Waals surface area contributed by atoms with E-state index in [1.165, 1.54) is 4.90 Å². The van der Waals surface area contributed by atoms with Crippen molar-refractivity contribution >= 4 is 47.3 Å². The molecule has 3 saturated heterocycles. The number of pyridine rings is 1. The lowest BCUT2D eigenvalue weighted by Crippen LogP contribution is -2.57. The van der Waals surface area contributed by atoms with E-state index in [0.29, 0.717) is 79.8 Å². The van der Waals surface area contributed by atoms with E-state index in [9.17, 15) is 19.5 Å². The Bertz CT molecular complexity index is 1910. The Morgan fingerprint density at radius 3 is 2.53 bits per heavy atom. The van der Waals surface area contributed by atoms with Crippen LogP contribution < -0.4 is 10.1 Å². The number of nitrogens with one attached hydrogen (secondary N) is 1. The number of carboxylic acids is 1. The zero-order chi connectivity index (χ0) is 37.2. The highest BCUT2D eigenvalue weighted by molar-refractivity contribution is 6.42. The smallest absolute Gasteiger partial charge is 0.326 e. The molecule has 13 nitrogen and oxygen atoms in total. The highest BCUT2D eigenvalue weighted by Gasteiger charge is 2.45. The lowest BCUT2D eigenvalue weighted by atomic mass is 9.76. The van der Waals surface area contributed by atoms with Crippen molar-refractivity contribution in [3.05, 3.63) is 93.2 Å². The van der Waals surface area contributed by atoms with Gasteiger partial charge >= 0.3 is 12.0 Å². The molecule has 0 bridgehead atoms. The summed E-state index contributed by atoms with van der Waals surface area (Å²) in [5.41, 5.74) is 2.11. The number of carbonyl (C=O) groups is 3. The summed E-state index contributed by atoms with van der Waals surface area (Å²) in [5, 5.41) is 25.6. The molecule has 4 aliphatic heterocycles. The molecular formula is C38H42Cl2N8O5. The number of carboxylic acid groups (broad SMARTS) is 1. The van der Waals surface area contributed by atoms with Gasteiger partial charge in [0.1, 0.15) is 17.8 Å². The average Bonchev–Trinajstić information content (AvgIpc) is 3.98. The van der Waals surface area contributed by atoms with Crippen LogP contribution in [0.15, 0.2) is 76.4 Å². The highest BCUT2D eigenvalue weighted by Crippen LogP contribution is 2.42. The van der Waals surface area contributed by atoms with E-state index in [1.807, 2.05) is 47.4 Å². The predicted octanol–water partition coefficient (Wildman–Crippen LogP) is 6.31. The number of rotatable bonds is 10. The maximum absolute atomic E-state index is 14.2. The Hall–Kier alpha value is -4.59. The topological polar surface area (TPSA) is 152 Å². The van der Waals surface area contributed by atoms with E-state index < -0.39 is 23.0 Å². The van der Waals surface area contributed by atoms with Gasteiger partial charge in [-0.15, -0.1) is 5.10 Å². The molecule has 0 spiro atoms. The van der Waals surface area contributed by atoms with Gasteiger partial charge in [0, 0.05) is 50.5 Å². The van der Waals surface area contributed by atoms with Gasteiger partial charge < -0.3 is 29.9 Å². The van der Waals surface area contributed by atoms with Crippen LogP contribution in [0.5, 0.6) is 5.75 Å². The van der Waals surface area contributed by atoms with E-state index in [2.05, 4.69) is 30.6 Å². The van der Waals surface area contributed by atoms with Crippen LogP contribution in [-0.4, -0.2) is 101 Å². The molecule has 0 saturated carbocycles. The second-order valence-electron chi connectivity index (χ2n) is 14.3. The Kier molecular flexibility index (Phi) is 10.7. The number of halogens is 2. The Balaban J connectivity index is 1.09. The van der Waals surface area contributed by atoms with E-state index in [-0.39, 0.29) is 18.0 Å². The molecule has 0 aliphatic carbocycles. The average molecular weight is 762 g/mol. The summed E-state index contributed by atoms with van der Waals surface area (Å²) in [5.74, 6) is -0.626. The fourth-order valence-corrected chi connectivity index (χ4v) is 8.57. The number of hydrogen-bond donors (Lipinski definition) is 2. The number of ether oxygens (including phenoxy) is 1. The first kappa shape index (κ1) is 36.8. The van der Waals surface area contributed by atoms with Crippen LogP contribution >= 0.6 is 23.2 Å². The zero-order valence-corrected chi connectivity index (χ0v) is 31.0. The van der Waals surface area contributed by atoms with Crippen LogP contribution in [0, 0.1) is 0 Å². The number of piperidine rings is 1. The maximum atomic E-state index is 14.2. The number of urea groups is 1. The zero-order valence-electron chi connectivity index (χ0n) is 29.5. The number of aliphatic carboxylic acids is 1. The van der Waals surface area contributed by atoms with Gasteiger partial charge in [0.15, 0.2) is 0 Å². The van der Waals surface area contributed by atoms with Crippen LogP contribution in [0.3, 0.4) is 0 Å². The first-order valence-corrected chi connectivity index (χ1v) is 18.7. The molecule has 53 heavy (non-hydrogen) atoms. The molecule has 4 aliphatic rings. The molecule has 2 aromatic carbocycles. The molecule has 3 amide bonds. The molecule has 3 unspecified atom stereocenters. The summed E-state index contributed by atoms with van der Waals surface area (Å²) in [6.07, 6.45) is 8.97. The van der Waals surface area contributed by atoms with E-state index in [0.717, 1.165) is 36.1 Å². The largest absolute Gasteiger partial charge is 0.496 e. The molecular weight excluding hydrogens is 719 g/mol. The van der Waals surface area contributed by atoms with Crippen LogP contribution in [0.25, 0.3) is 0 Å². The second-order valence-corrected chi connectivity index (χ2v) is 15.1. The highest BCUT2D eigenvalue weighted by atomic mass is 35.5. The molecule has 5 heterocycles. The van der Waals surface area contributed by atoms with Crippen LogP contribution in [0.4, 0.5) is 4.79 Å². The summed E-state index contributed by atoms with van der Waals surface area (Å²) >= 11 is 12.9. The molecule has 278 valence electrons. The minimum atomic E-state index is -0.982. The van der Waals surface area contributed by atoms with Gasteiger partial charge in [0.2, 0.25) is 0 Å². The van der Waals surface area contributed by atoms with Crippen molar-refractivity contribution in [3.8, 4) is 5.75 Å². The van der Waals surface area contributed by atoms with E-state index in [1.54, 1.807) is 31.8 Å². The number of benzene rings is 2. The van der Waals surface area contributed by atoms with Gasteiger partial charge in [0.05, 0.1) is 34.5 Å². The standard InChI is InChI=1S/C38H42Cl2N8O5/c1-53-33-9-6-25(31-23-42-45-44-31)20-28(33)34(49)47-19-11-37(24-47,26-7-8-29(39)30(40)21-26)10-16-46-17-12-38(13-18-46,27-4-2-14-41-22-27)43-36(52)48-15-3-5-32(48)35(50)51/h2,4,6-9,14,20-23,31-32H,3,5,10-13,15-19,24H2,1H3,(H,43,52)(H,50,51). The molecule has 2 N–H and O–H groups in total. The van der Waals surface area contributed by atoms with Gasteiger partial charge in [-0.1, -0.05) is 41.4 Å². The summed E-state index contributed by atoms with van der Waals surface area (Å²) in [4.78, 5) is 49.8. The molecule has 7 rings (SSSR count). The van der Waals surface area contributed by atoms with E-state index >= 15 is 0 Å². The minimum absolute atomic E-state index is 0.129. The SMILES string of the molecule is COc1ccc(C2C=NN=N2)cc1C(=O)N1CCC(CCN2CCC(NC(=O)N3CCCC3C(=O)O)(c3cccnc3)CC2)(c2ccc(Cl)c(Cl)c2)C1. The third-order valence-corrected chi connectivity index (χ3v) is 12.1. The lowest BCUT2D eigenvalue weighted by molar-refractivity contribution is -0.141. The number of methoxy groups -OCH3 is 1. The summed E-state index contributed by atoms with van der Waals surface area (Å²) in [7, 11) is 1.55. The van der Waals surface area contributed by atoms with Crippen molar-refractivity contribution in [2.24, 2.45) is 15.4 Å². The Morgan fingerprint density at radius 2 is 1.83 bits per heavy atom. The monoisotopic (exact) mass is 760 g/mol. The molecule has 3 fully saturated rings. The van der Waals surface area contributed by atoms with Gasteiger partial charge in [-0.05, 0) is 97.3 Å². The number of hydrogen-bond acceptors (Lipinski definition) is 9. The second kappa shape index (κ2) is 15.4. The minimum Gasteiger partial charge on any atom is -0.496 e. The van der Waals surface area contributed by atoms with Crippen molar-refractivity contribution in [3.63, 3.8) is 0 Å². The lowest BCUT2D eigenvalue weighted by Gasteiger charge is -2.44. The number of carbonyl (C=O) groups excluding carboxylic acids is 2. The molecule has 0 radical (unpaired) electrons. The molecule has 3 aromatic rings. The van der Waals surface area contributed by atoms with Gasteiger partial charge in [-0.3, -0.25) is 9.78 Å². The number of amides is 3. The first-order chi connectivity index (χ1) is 25.6. The summed E-state index contributed by atoms with van der Waals surface area (Å²) in [6, 6.07) is 13.5. The van der Waals surface area contributed by atoms with Crippen LogP contribution in [0.1, 0.15) is 71.6 Å². The summed E-state index contributed by atoms with van der Waals surface area (Å²) < 4.78 is 5.62. The van der Waals surface area contributed by atoms with Crippen molar-refractivity contribution in [1.29, 1.82) is 0 Å². The molecule has 1 aromatic heterocycles. The molecule has 15 heteroatoms. The van der Waals surface area contributed by atoms with Crippen molar-refractivity contribution in [2.75, 3.05) is 46.4 Å². The van der Waals surface area contributed by atoms with Gasteiger partial charge in [0.25, 0.3) is 5.91 Å². The van der Waals surface area contributed by atoms with Crippen molar-refractivity contribution in [1.82, 2.24) is 25.0 Å². The fraction of sp³-hybridized carbons (Fsp3) is 0.447. The quantitative estimate of drug-likeness (QED) is 0.246. The van der Waals surface area contributed by atoms with Crippen molar-refractivity contribution in [2.45, 2.75) is 61.6 Å². The van der Waals surface area contributed by atoms with Crippen molar-refractivity contribution < 1.29 is 24.2 Å². The Labute approximate surface area is 318 Å². The maximum Gasteiger partial charge on any atom is 0.326 e. The van der Waals surface area contributed by atoms with Crippen LogP contribution in [-0.2, 0) is 15.7 Å². The third kappa shape index (κ3) is 7.47.